The maximum absolute atomic E-state index is 13.1. The fourth-order valence-electron chi connectivity index (χ4n) is 3.72. The molecule has 0 saturated heterocycles. The Labute approximate surface area is 188 Å². The number of anilines is 2. The summed E-state index contributed by atoms with van der Waals surface area (Å²) in [6, 6.07) is 9.30. The van der Waals surface area contributed by atoms with Crippen LogP contribution in [0.25, 0.3) is 0 Å². The van der Waals surface area contributed by atoms with Crippen LogP contribution in [-0.2, 0) is 23.4 Å². The molecule has 2 aromatic heterocycles. The second-order valence-electron chi connectivity index (χ2n) is 7.43. The summed E-state index contributed by atoms with van der Waals surface area (Å²) in [4.78, 5) is 26.3. The Bertz CT molecular complexity index is 1110. The number of carbonyl (C=O) groups excluding carboxylic acids is 2. The number of carbonyl (C=O) groups is 2. The van der Waals surface area contributed by atoms with Crippen LogP contribution in [0.4, 0.5) is 10.9 Å². The van der Waals surface area contributed by atoms with Gasteiger partial charge in [-0.2, -0.15) is 0 Å². The summed E-state index contributed by atoms with van der Waals surface area (Å²) < 4.78 is 1.61. The lowest BCUT2D eigenvalue weighted by Crippen LogP contribution is -2.26. The second-order valence-corrected chi connectivity index (χ2v) is 9.48. The average molecular weight is 457 g/mol. The van der Waals surface area contributed by atoms with Gasteiger partial charge < -0.3 is 16.8 Å². The van der Waals surface area contributed by atoms with Crippen molar-refractivity contribution in [1.29, 1.82) is 0 Å². The molecule has 1 aliphatic rings. The number of nitrogens with one attached hydrogen (secondary N) is 1. The zero-order chi connectivity index (χ0) is 22.0. The van der Waals surface area contributed by atoms with Crippen LogP contribution >= 0.6 is 23.1 Å². The van der Waals surface area contributed by atoms with Crippen molar-refractivity contribution in [2.75, 3.05) is 11.1 Å². The first kappa shape index (κ1) is 21.4. The van der Waals surface area contributed by atoms with Crippen LogP contribution in [0.2, 0.25) is 0 Å². The van der Waals surface area contributed by atoms with Crippen LogP contribution in [0.5, 0.6) is 0 Å². The maximum atomic E-state index is 13.1. The van der Waals surface area contributed by atoms with Gasteiger partial charge in [-0.05, 0) is 43.7 Å². The van der Waals surface area contributed by atoms with Crippen LogP contribution in [0.15, 0.2) is 35.5 Å². The first-order valence-corrected chi connectivity index (χ1v) is 11.9. The Kier molecular flexibility index (Phi) is 6.28. The van der Waals surface area contributed by atoms with Crippen molar-refractivity contribution in [3.05, 3.63) is 51.9 Å². The molecule has 1 aliphatic carbocycles. The molecule has 2 heterocycles. The molecule has 0 spiro atoms. The van der Waals surface area contributed by atoms with E-state index in [4.69, 9.17) is 11.5 Å². The molecule has 0 aliphatic heterocycles. The summed E-state index contributed by atoms with van der Waals surface area (Å²) in [6.07, 6.45) is 3.82. The molecular formula is C21H24N6O2S2. The fraction of sp³-hybridized carbons (Fsp3) is 0.333. The highest BCUT2D eigenvalue weighted by Gasteiger charge is 2.28. The van der Waals surface area contributed by atoms with Gasteiger partial charge in [0.05, 0.1) is 5.56 Å². The Balaban J connectivity index is 1.54. The zero-order valence-electron chi connectivity index (χ0n) is 17.1. The number of aromatic nitrogens is 3. The second kappa shape index (κ2) is 9.11. The molecule has 0 saturated carbocycles. The van der Waals surface area contributed by atoms with Gasteiger partial charge in [-0.3, -0.25) is 14.2 Å². The standard InChI is InChI=1S/C21H24N6O2S2/c1-12(27-20(23)25-26-21(27)30-11-13-7-3-2-4-8-13)18(29)24-19-16(17(22)28)14-9-5-6-10-15(14)31-19/h2-4,7-8,12H,5-6,9-11H2,1H3,(H2,22,28)(H2,23,25)(H,24,29). The predicted octanol–water partition coefficient (Wildman–Crippen LogP) is 3.39. The predicted molar refractivity (Wildman–Crippen MR) is 123 cm³/mol. The van der Waals surface area contributed by atoms with Gasteiger partial charge in [0.25, 0.3) is 5.91 Å². The SMILES string of the molecule is CC(C(=O)Nc1sc2c(c1C(N)=O)CCCC2)n1c(N)nnc1SCc1ccccc1. The minimum atomic E-state index is -0.659. The molecule has 1 atom stereocenters. The number of hydrogen-bond acceptors (Lipinski definition) is 7. The highest BCUT2D eigenvalue weighted by atomic mass is 32.2. The molecule has 162 valence electrons. The van der Waals surface area contributed by atoms with Gasteiger partial charge in [0.2, 0.25) is 11.9 Å². The van der Waals surface area contributed by atoms with Gasteiger partial charge in [0.1, 0.15) is 11.0 Å². The van der Waals surface area contributed by atoms with Gasteiger partial charge in [-0.15, -0.1) is 21.5 Å². The lowest BCUT2D eigenvalue weighted by Gasteiger charge is -2.16. The number of aryl methyl sites for hydroxylation is 1. The summed E-state index contributed by atoms with van der Waals surface area (Å²) in [7, 11) is 0. The van der Waals surface area contributed by atoms with Crippen LogP contribution in [0.1, 0.15) is 52.2 Å². The summed E-state index contributed by atoms with van der Waals surface area (Å²) in [5, 5.41) is 12.1. The number of primary amides is 1. The van der Waals surface area contributed by atoms with Gasteiger partial charge in [-0.1, -0.05) is 42.1 Å². The number of amides is 2. The Hall–Kier alpha value is -2.85. The molecule has 0 radical (unpaired) electrons. The Morgan fingerprint density at radius 3 is 2.71 bits per heavy atom. The average Bonchev–Trinajstić information content (AvgIpc) is 3.32. The third kappa shape index (κ3) is 4.45. The highest BCUT2D eigenvalue weighted by molar-refractivity contribution is 7.98. The Morgan fingerprint density at radius 2 is 1.97 bits per heavy atom. The van der Waals surface area contributed by atoms with E-state index >= 15 is 0 Å². The minimum Gasteiger partial charge on any atom is -0.368 e. The third-order valence-corrected chi connectivity index (χ3v) is 7.54. The van der Waals surface area contributed by atoms with Crippen molar-refractivity contribution in [1.82, 2.24) is 14.8 Å². The van der Waals surface area contributed by atoms with E-state index in [-0.39, 0.29) is 11.9 Å². The van der Waals surface area contributed by atoms with Gasteiger partial charge >= 0.3 is 0 Å². The van der Waals surface area contributed by atoms with E-state index in [0.717, 1.165) is 41.7 Å². The smallest absolute Gasteiger partial charge is 0.251 e. The van der Waals surface area contributed by atoms with Gasteiger partial charge in [0, 0.05) is 10.6 Å². The van der Waals surface area contributed by atoms with E-state index in [2.05, 4.69) is 15.5 Å². The fourth-order valence-corrected chi connectivity index (χ4v) is 6.00. The maximum Gasteiger partial charge on any atom is 0.251 e. The van der Waals surface area contributed by atoms with E-state index < -0.39 is 11.9 Å². The van der Waals surface area contributed by atoms with E-state index in [1.54, 1.807) is 11.5 Å². The van der Waals surface area contributed by atoms with Gasteiger partial charge in [-0.25, -0.2) is 0 Å². The molecule has 5 N–H and O–H groups in total. The lowest BCUT2D eigenvalue weighted by molar-refractivity contribution is -0.118. The molecule has 1 unspecified atom stereocenters. The molecule has 31 heavy (non-hydrogen) atoms. The summed E-state index contributed by atoms with van der Waals surface area (Å²) in [6.45, 7) is 1.74. The van der Waals surface area contributed by atoms with E-state index in [1.165, 1.54) is 23.1 Å². The number of thiophene rings is 1. The summed E-state index contributed by atoms with van der Waals surface area (Å²) in [5.41, 5.74) is 14.2. The number of benzene rings is 1. The van der Waals surface area contributed by atoms with Crippen molar-refractivity contribution in [3.8, 4) is 0 Å². The lowest BCUT2D eigenvalue weighted by atomic mass is 9.95. The first-order chi connectivity index (χ1) is 15.0. The largest absolute Gasteiger partial charge is 0.368 e. The number of fused-ring (bicyclic) bond motifs is 1. The number of nitrogens with zero attached hydrogens (tertiary/aromatic N) is 3. The molecule has 4 rings (SSSR count). The Morgan fingerprint density at radius 1 is 1.23 bits per heavy atom. The monoisotopic (exact) mass is 456 g/mol. The van der Waals surface area contributed by atoms with Crippen molar-refractivity contribution in [2.24, 2.45) is 5.73 Å². The van der Waals surface area contributed by atoms with Gasteiger partial charge in [0.15, 0.2) is 5.16 Å². The molecule has 3 aromatic rings. The van der Waals surface area contributed by atoms with Crippen LogP contribution in [-0.4, -0.2) is 26.6 Å². The van der Waals surface area contributed by atoms with Crippen molar-refractivity contribution < 1.29 is 9.59 Å². The first-order valence-electron chi connectivity index (χ1n) is 10.1. The number of hydrogen-bond donors (Lipinski definition) is 3. The minimum absolute atomic E-state index is 0.166. The van der Waals surface area contributed by atoms with E-state index in [9.17, 15) is 9.59 Å². The summed E-state index contributed by atoms with van der Waals surface area (Å²) >= 11 is 2.90. The third-order valence-electron chi connectivity index (χ3n) is 5.32. The molecule has 0 bridgehead atoms. The quantitative estimate of drug-likeness (QED) is 0.467. The molecular weight excluding hydrogens is 432 g/mol. The van der Waals surface area contributed by atoms with Crippen LogP contribution in [0, 0.1) is 0 Å². The van der Waals surface area contributed by atoms with Crippen molar-refractivity contribution in [2.45, 2.75) is 49.6 Å². The molecule has 0 fully saturated rings. The topological polar surface area (TPSA) is 129 Å². The molecule has 2 amide bonds. The zero-order valence-corrected chi connectivity index (χ0v) is 18.8. The number of rotatable bonds is 7. The number of nitrogen functional groups attached to an aromatic ring is 1. The number of nitrogens with two attached hydrogens (primary N) is 2. The molecule has 8 nitrogen and oxygen atoms in total. The molecule has 10 heteroatoms. The normalized spacial score (nSPS) is 14.1. The van der Waals surface area contributed by atoms with E-state index in [0.29, 0.717) is 21.5 Å². The highest BCUT2D eigenvalue weighted by Crippen LogP contribution is 2.38. The van der Waals surface area contributed by atoms with Crippen molar-refractivity contribution >= 4 is 45.9 Å². The number of thioether (sulfide) groups is 1. The van der Waals surface area contributed by atoms with Crippen LogP contribution in [0.3, 0.4) is 0 Å². The van der Waals surface area contributed by atoms with Crippen molar-refractivity contribution in [3.63, 3.8) is 0 Å². The van der Waals surface area contributed by atoms with Crippen LogP contribution < -0.4 is 16.8 Å². The molecule has 1 aromatic carbocycles. The van der Waals surface area contributed by atoms with E-state index in [1.807, 2.05) is 30.3 Å². The summed E-state index contributed by atoms with van der Waals surface area (Å²) in [5.74, 6) is 0.0368.